The molecule has 1 aromatic carbocycles. The zero-order valence-electron chi connectivity index (χ0n) is 14.5. The summed E-state index contributed by atoms with van der Waals surface area (Å²) in [6, 6.07) is 6.90. The highest BCUT2D eigenvalue weighted by Crippen LogP contribution is 2.29. The number of hydrogen-bond donors (Lipinski definition) is 1. The molecular formula is C17H19N5O3. The van der Waals surface area contributed by atoms with Gasteiger partial charge in [-0.05, 0) is 38.1 Å². The number of hydrogen-bond acceptors (Lipinski definition) is 6. The van der Waals surface area contributed by atoms with E-state index in [4.69, 9.17) is 9.47 Å². The lowest BCUT2D eigenvalue weighted by atomic mass is 10.1. The van der Waals surface area contributed by atoms with Gasteiger partial charge in [-0.2, -0.15) is 4.98 Å². The standard InChI is InChI=1S/C17H19N5O3/c1-10-7-8-18-17-20-15(21-22(10)17)16(23)19-11(2)13-9-12(24-3)5-6-14(13)25-4/h5-9,11H,1-4H3,(H,19,23)/t11-/m1/s1. The van der Waals surface area contributed by atoms with E-state index in [0.29, 0.717) is 17.3 Å². The van der Waals surface area contributed by atoms with Crippen LogP contribution in [0.2, 0.25) is 0 Å². The summed E-state index contributed by atoms with van der Waals surface area (Å²) in [5, 5.41) is 7.09. The Balaban J connectivity index is 1.85. The maximum Gasteiger partial charge on any atom is 0.291 e. The molecule has 0 aliphatic rings. The van der Waals surface area contributed by atoms with E-state index in [1.165, 1.54) is 4.52 Å². The van der Waals surface area contributed by atoms with Gasteiger partial charge in [-0.15, -0.1) is 5.10 Å². The molecule has 0 unspecified atom stereocenters. The second kappa shape index (κ2) is 6.76. The van der Waals surface area contributed by atoms with Gasteiger partial charge >= 0.3 is 0 Å². The Labute approximate surface area is 144 Å². The van der Waals surface area contributed by atoms with Gasteiger partial charge in [0.15, 0.2) is 0 Å². The molecule has 0 saturated carbocycles. The Kier molecular flexibility index (Phi) is 4.51. The number of nitrogens with one attached hydrogen (secondary N) is 1. The van der Waals surface area contributed by atoms with E-state index in [-0.39, 0.29) is 17.8 Å². The first-order valence-corrected chi connectivity index (χ1v) is 7.74. The van der Waals surface area contributed by atoms with Crippen molar-refractivity contribution in [3.63, 3.8) is 0 Å². The summed E-state index contributed by atoms with van der Waals surface area (Å²) < 4.78 is 12.1. The number of amides is 1. The monoisotopic (exact) mass is 341 g/mol. The van der Waals surface area contributed by atoms with Crippen LogP contribution in [0.25, 0.3) is 5.78 Å². The quantitative estimate of drug-likeness (QED) is 0.763. The highest BCUT2D eigenvalue weighted by atomic mass is 16.5. The van der Waals surface area contributed by atoms with E-state index in [0.717, 1.165) is 11.3 Å². The minimum absolute atomic E-state index is 0.0653. The molecule has 130 valence electrons. The Morgan fingerprint density at radius 3 is 2.72 bits per heavy atom. The molecule has 0 spiro atoms. The van der Waals surface area contributed by atoms with E-state index in [9.17, 15) is 4.79 Å². The van der Waals surface area contributed by atoms with E-state index in [1.54, 1.807) is 38.6 Å². The highest BCUT2D eigenvalue weighted by Gasteiger charge is 2.19. The van der Waals surface area contributed by atoms with Crippen LogP contribution in [-0.4, -0.2) is 39.7 Å². The van der Waals surface area contributed by atoms with E-state index in [1.807, 2.05) is 19.9 Å². The highest BCUT2D eigenvalue weighted by molar-refractivity contribution is 5.91. The number of carbonyl (C=O) groups is 1. The van der Waals surface area contributed by atoms with Crippen LogP contribution in [0.4, 0.5) is 0 Å². The maximum atomic E-state index is 12.5. The molecule has 3 rings (SSSR count). The summed E-state index contributed by atoms with van der Waals surface area (Å²) in [6.07, 6.45) is 1.63. The van der Waals surface area contributed by atoms with Crippen molar-refractivity contribution in [3.8, 4) is 11.5 Å². The summed E-state index contributed by atoms with van der Waals surface area (Å²) in [7, 11) is 3.17. The van der Waals surface area contributed by atoms with Crippen LogP contribution in [0.5, 0.6) is 11.5 Å². The van der Waals surface area contributed by atoms with Gasteiger partial charge in [0.25, 0.3) is 11.7 Å². The Hall–Kier alpha value is -3.16. The molecule has 8 nitrogen and oxygen atoms in total. The summed E-state index contributed by atoms with van der Waals surface area (Å²) in [5.41, 5.74) is 1.65. The van der Waals surface area contributed by atoms with Crippen molar-refractivity contribution in [2.75, 3.05) is 14.2 Å². The minimum atomic E-state index is -0.387. The first kappa shape index (κ1) is 16.7. The normalized spacial score (nSPS) is 12.0. The van der Waals surface area contributed by atoms with Gasteiger partial charge in [-0.25, -0.2) is 9.50 Å². The van der Waals surface area contributed by atoms with Crippen molar-refractivity contribution in [2.24, 2.45) is 0 Å². The Bertz CT molecular complexity index is 922. The lowest BCUT2D eigenvalue weighted by Gasteiger charge is -2.17. The van der Waals surface area contributed by atoms with Crippen molar-refractivity contribution in [1.29, 1.82) is 0 Å². The third-order valence-corrected chi connectivity index (χ3v) is 3.88. The number of benzene rings is 1. The third kappa shape index (κ3) is 3.23. The molecular weight excluding hydrogens is 322 g/mol. The van der Waals surface area contributed by atoms with Crippen LogP contribution in [0.1, 0.15) is 34.8 Å². The minimum Gasteiger partial charge on any atom is -0.497 e. The van der Waals surface area contributed by atoms with Gasteiger partial charge in [0.05, 0.1) is 20.3 Å². The summed E-state index contributed by atoms with van der Waals surface area (Å²) >= 11 is 0. The summed E-state index contributed by atoms with van der Waals surface area (Å²) in [5.74, 6) is 1.41. The molecule has 2 heterocycles. The van der Waals surface area contributed by atoms with E-state index in [2.05, 4.69) is 20.4 Å². The van der Waals surface area contributed by atoms with Crippen LogP contribution in [0.15, 0.2) is 30.5 Å². The lowest BCUT2D eigenvalue weighted by Crippen LogP contribution is -2.28. The molecule has 1 N–H and O–H groups in total. The predicted molar refractivity (Wildman–Crippen MR) is 90.9 cm³/mol. The number of fused-ring (bicyclic) bond motifs is 1. The number of ether oxygens (including phenoxy) is 2. The topological polar surface area (TPSA) is 90.6 Å². The molecule has 0 aliphatic carbocycles. The predicted octanol–water partition coefficient (Wildman–Crippen LogP) is 1.94. The number of aryl methyl sites for hydroxylation is 1. The molecule has 1 atom stereocenters. The molecule has 0 bridgehead atoms. The van der Waals surface area contributed by atoms with Gasteiger partial charge in [0, 0.05) is 17.5 Å². The fraction of sp³-hybridized carbons (Fsp3) is 0.294. The van der Waals surface area contributed by atoms with E-state index < -0.39 is 0 Å². The number of nitrogens with zero attached hydrogens (tertiary/aromatic N) is 4. The Morgan fingerprint density at radius 2 is 2.04 bits per heavy atom. The SMILES string of the molecule is COc1ccc(OC)c([C@@H](C)NC(=O)c2nc3nccc(C)n3n2)c1. The second-order valence-electron chi connectivity index (χ2n) is 5.54. The van der Waals surface area contributed by atoms with Crippen molar-refractivity contribution in [1.82, 2.24) is 24.9 Å². The third-order valence-electron chi connectivity index (χ3n) is 3.88. The molecule has 2 aromatic heterocycles. The van der Waals surface area contributed by atoms with Crippen LogP contribution in [0.3, 0.4) is 0 Å². The van der Waals surface area contributed by atoms with Gasteiger partial charge in [-0.1, -0.05) is 0 Å². The fourth-order valence-electron chi connectivity index (χ4n) is 2.52. The van der Waals surface area contributed by atoms with Crippen LogP contribution in [0, 0.1) is 6.92 Å². The average molecular weight is 341 g/mol. The first-order valence-electron chi connectivity index (χ1n) is 7.74. The zero-order valence-corrected chi connectivity index (χ0v) is 14.5. The van der Waals surface area contributed by atoms with Crippen molar-refractivity contribution >= 4 is 11.7 Å². The summed E-state index contributed by atoms with van der Waals surface area (Å²) in [4.78, 5) is 20.8. The number of aromatic nitrogens is 4. The molecule has 25 heavy (non-hydrogen) atoms. The van der Waals surface area contributed by atoms with Crippen LogP contribution in [-0.2, 0) is 0 Å². The first-order chi connectivity index (χ1) is 12.0. The zero-order chi connectivity index (χ0) is 18.0. The summed E-state index contributed by atoms with van der Waals surface area (Å²) in [6.45, 7) is 3.73. The van der Waals surface area contributed by atoms with Crippen molar-refractivity contribution in [3.05, 3.63) is 47.5 Å². The molecule has 3 aromatic rings. The molecule has 8 heteroatoms. The van der Waals surface area contributed by atoms with Crippen molar-refractivity contribution < 1.29 is 14.3 Å². The molecule has 1 amide bonds. The average Bonchev–Trinajstić information content (AvgIpc) is 3.07. The molecule has 0 fully saturated rings. The second-order valence-corrected chi connectivity index (χ2v) is 5.54. The van der Waals surface area contributed by atoms with Gasteiger partial charge in [-0.3, -0.25) is 4.79 Å². The van der Waals surface area contributed by atoms with Gasteiger partial charge < -0.3 is 14.8 Å². The van der Waals surface area contributed by atoms with E-state index >= 15 is 0 Å². The van der Waals surface area contributed by atoms with Crippen LogP contribution >= 0.6 is 0 Å². The number of rotatable bonds is 5. The fourth-order valence-corrected chi connectivity index (χ4v) is 2.52. The van der Waals surface area contributed by atoms with Gasteiger partial charge in [0.2, 0.25) is 5.82 Å². The van der Waals surface area contributed by atoms with Crippen LogP contribution < -0.4 is 14.8 Å². The molecule has 0 saturated heterocycles. The number of carbonyl (C=O) groups excluding carboxylic acids is 1. The van der Waals surface area contributed by atoms with Crippen molar-refractivity contribution in [2.45, 2.75) is 19.9 Å². The largest absolute Gasteiger partial charge is 0.497 e. The molecule has 0 radical (unpaired) electrons. The Morgan fingerprint density at radius 1 is 1.24 bits per heavy atom. The van der Waals surface area contributed by atoms with Gasteiger partial charge in [0.1, 0.15) is 11.5 Å². The lowest BCUT2D eigenvalue weighted by molar-refractivity contribution is 0.0929. The maximum absolute atomic E-state index is 12.5. The number of methoxy groups -OCH3 is 2. The smallest absolute Gasteiger partial charge is 0.291 e. The molecule has 0 aliphatic heterocycles.